The second kappa shape index (κ2) is 10.6. The van der Waals surface area contributed by atoms with Gasteiger partial charge in [-0.3, -0.25) is 4.99 Å². The monoisotopic (exact) mass is 449 g/mol. The summed E-state index contributed by atoms with van der Waals surface area (Å²) < 4.78 is 5.09. The highest BCUT2D eigenvalue weighted by Crippen LogP contribution is 2.18. The number of rotatable bonds is 7. The summed E-state index contributed by atoms with van der Waals surface area (Å²) in [6, 6.07) is 2.16. The van der Waals surface area contributed by atoms with Crippen LogP contribution in [0, 0.1) is 6.92 Å². The van der Waals surface area contributed by atoms with Gasteiger partial charge in [0.05, 0.1) is 0 Å². The molecule has 0 aliphatic heterocycles. The Morgan fingerprint density at radius 2 is 2.26 bits per heavy atom. The van der Waals surface area contributed by atoms with Crippen LogP contribution in [0.2, 0.25) is 0 Å². The minimum absolute atomic E-state index is 0. The van der Waals surface area contributed by atoms with Gasteiger partial charge in [-0.15, -0.1) is 24.0 Å². The van der Waals surface area contributed by atoms with E-state index in [2.05, 4.69) is 56.4 Å². The molecule has 23 heavy (non-hydrogen) atoms. The molecule has 2 rings (SSSR count). The third-order valence-electron chi connectivity index (χ3n) is 3.18. The van der Waals surface area contributed by atoms with Gasteiger partial charge < -0.3 is 15.2 Å². The summed E-state index contributed by atoms with van der Waals surface area (Å²) in [6.07, 6.45) is 0.686. The van der Waals surface area contributed by atoms with Crippen LogP contribution < -0.4 is 10.6 Å². The number of halogens is 1. The summed E-state index contributed by atoms with van der Waals surface area (Å²) in [7, 11) is 0. The van der Waals surface area contributed by atoms with E-state index < -0.39 is 0 Å². The summed E-state index contributed by atoms with van der Waals surface area (Å²) >= 11 is 1.72. The highest BCUT2D eigenvalue weighted by atomic mass is 127. The maximum atomic E-state index is 5.09. The smallest absolute Gasteiger partial charge is 0.228 e. The Hall–Kier alpha value is -1.16. The van der Waals surface area contributed by atoms with E-state index in [0.29, 0.717) is 30.6 Å². The zero-order valence-electron chi connectivity index (χ0n) is 13.7. The maximum Gasteiger partial charge on any atom is 0.228 e. The Bertz CT molecular complexity index is 584. The molecule has 2 aromatic heterocycles. The van der Waals surface area contributed by atoms with Gasteiger partial charge in [0, 0.05) is 32.0 Å². The lowest BCUT2D eigenvalue weighted by Gasteiger charge is -2.12. The molecule has 2 aromatic rings. The Morgan fingerprint density at radius 1 is 1.43 bits per heavy atom. The molecule has 0 spiro atoms. The quantitative estimate of drug-likeness (QED) is 0.386. The van der Waals surface area contributed by atoms with Crippen LogP contribution in [-0.2, 0) is 6.42 Å². The average Bonchev–Trinajstić information content (AvgIpc) is 3.16. The number of hydrogen-bond acceptors (Lipinski definition) is 5. The minimum Gasteiger partial charge on any atom is -0.357 e. The minimum atomic E-state index is 0. The van der Waals surface area contributed by atoms with Crippen LogP contribution in [0.4, 0.5) is 0 Å². The predicted octanol–water partition coefficient (Wildman–Crippen LogP) is 2.96. The standard InChI is InChI=1S/C15H23N5OS.HI/c1-4-16-15(17-7-5-14-19-12(3)20-21-14)18-9-11(2)13-6-8-22-10-13;/h6,8,10-11H,4-5,7,9H2,1-3H3,(H2,16,17,18);1H. The Kier molecular flexibility index (Phi) is 9.15. The normalized spacial score (nSPS) is 12.6. The number of guanidine groups is 1. The molecule has 0 saturated carbocycles. The van der Waals surface area contributed by atoms with Gasteiger partial charge >= 0.3 is 0 Å². The molecule has 128 valence electrons. The number of hydrogen-bond donors (Lipinski definition) is 2. The second-order valence-corrected chi connectivity index (χ2v) is 5.87. The van der Waals surface area contributed by atoms with E-state index in [1.165, 1.54) is 5.56 Å². The van der Waals surface area contributed by atoms with E-state index in [0.717, 1.165) is 19.0 Å². The number of nitrogens with zero attached hydrogens (tertiary/aromatic N) is 3. The van der Waals surface area contributed by atoms with E-state index in [-0.39, 0.29) is 24.0 Å². The molecule has 6 nitrogen and oxygen atoms in total. The number of aromatic nitrogens is 2. The van der Waals surface area contributed by atoms with Crippen LogP contribution in [0.5, 0.6) is 0 Å². The van der Waals surface area contributed by atoms with Gasteiger partial charge in [-0.2, -0.15) is 16.3 Å². The topological polar surface area (TPSA) is 75.3 Å². The van der Waals surface area contributed by atoms with E-state index in [1.54, 1.807) is 11.3 Å². The molecular formula is C15H24IN5OS. The zero-order chi connectivity index (χ0) is 15.8. The van der Waals surface area contributed by atoms with Crippen LogP contribution in [0.25, 0.3) is 0 Å². The van der Waals surface area contributed by atoms with Gasteiger partial charge in [-0.1, -0.05) is 12.1 Å². The zero-order valence-corrected chi connectivity index (χ0v) is 16.9. The fraction of sp³-hybridized carbons (Fsp3) is 0.533. The van der Waals surface area contributed by atoms with Crippen LogP contribution in [0.3, 0.4) is 0 Å². The molecular weight excluding hydrogens is 425 g/mol. The van der Waals surface area contributed by atoms with E-state index >= 15 is 0 Å². The molecule has 0 aliphatic carbocycles. The summed E-state index contributed by atoms with van der Waals surface area (Å²) in [5.74, 6) is 2.55. The lowest BCUT2D eigenvalue weighted by atomic mass is 10.1. The molecule has 0 saturated heterocycles. The Morgan fingerprint density at radius 3 is 2.87 bits per heavy atom. The van der Waals surface area contributed by atoms with Crippen molar-refractivity contribution in [3.05, 3.63) is 34.1 Å². The van der Waals surface area contributed by atoms with Gasteiger partial charge in [0.1, 0.15) is 0 Å². The highest BCUT2D eigenvalue weighted by molar-refractivity contribution is 14.0. The molecule has 0 aromatic carbocycles. The maximum absolute atomic E-state index is 5.09. The third kappa shape index (κ3) is 6.86. The fourth-order valence-electron chi connectivity index (χ4n) is 1.96. The Labute approximate surface area is 158 Å². The predicted molar refractivity (Wildman–Crippen MR) is 105 cm³/mol. The summed E-state index contributed by atoms with van der Waals surface area (Å²) in [5, 5.41) is 14.6. The number of aliphatic imine (C=N–C) groups is 1. The van der Waals surface area contributed by atoms with Crippen molar-refractivity contribution >= 4 is 41.3 Å². The van der Waals surface area contributed by atoms with Crippen LogP contribution in [-0.4, -0.2) is 35.7 Å². The molecule has 2 N–H and O–H groups in total. The van der Waals surface area contributed by atoms with E-state index in [9.17, 15) is 0 Å². The molecule has 0 bridgehead atoms. The molecule has 1 atom stereocenters. The SMILES string of the molecule is CCNC(=NCC(C)c1ccsc1)NCCc1nc(C)no1.I. The van der Waals surface area contributed by atoms with Gasteiger partial charge in [0.2, 0.25) is 5.89 Å². The lowest BCUT2D eigenvalue weighted by Crippen LogP contribution is -2.38. The second-order valence-electron chi connectivity index (χ2n) is 5.09. The number of aryl methyl sites for hydroxylation is 1. The van der Waals surface area contributed by atoms with Crippen LogP contribution in [0.1, 0.15) is 37.0 Å². The van der Waals surface area contributed by atoms with E-state index in [1.807, 2.05) is 6.92 Å². The van der Waals surface area contributed by atoms with Gasteiger partial charge in [0.15, 0.2) is 11.8 Å². The molecule has 0 radical (unpaired) electrons. The van der Waals surface area contributed by atoms with Crippen molar-refractivity contribution in [1.29, 1.82) is 0 Å². The fourth-order valence-corrected chi connectivity index (χ4v) is 2.74. The van der Waals surface area contributed by atoms with Crippen molar-refractivity contribution in [3.8, 4) is 0 Å². The molecule has 0 aliphatic rings. The first kappa shape index (κ1) is 19.9. The van der Waals surface area contributed by atoms with Gasteiger partial charge in [0.25, 0.3) is 0 Å². The Balaban J connectivity index is 0.00000264. The van der Waals surface area contributed by atoms with Crippen molar-refractivity contribution in [3.63, 3.8) is 0 Å². The van der Waals surface area contributed by atoms with Gasteiger partial charge in [-0.05, 0) is 36.2 Å². The first-order valence-corrected chi connectivity index (χ1v) is 8.46. The van der Waals surface area contributed by atoms with Crippen LogP contribution in [0.15, 0.2) is 26.3 Å². The van der Waals surface area contributed by atoms with Crippen LogP contribution >= 0.6 is 35.3 Å². The van der Waals surface area contributed by atoms with E-state index in [4.69, 9.17) is 4.52 Å². The average molecular weight is 449 g/mol. The highest BCUT2D eigenvalue weighted by Gasteiger charge is 2.07. The summed E-state index contributed by atoms with van der Waals surface area (Å²) in [4.78, 5) is 8.82. The number of thiophene rings is 1. The molecule has 2 heterocycles. The largest absolute Gasteiger partial charge is 0.357 e. The first-order chi connectivity index (χ1) is 10.7. The van der Waals surface area contributed by atoms with Gasteiger partial charge in [-0.25, -0.2) is 0 Å². The molecule has 0 fully saturated rings. The van der Waals surface area contributed by atoms with Crippen molar-refractivity contribution in [2.24, 2.45) is 4.99 Å². The molecule has 1 unspecified atom stereocenters. The lowest BCUT2D eigenvalue weighted by molar-refractivity contribution is 0.374. The number of nitrogens with one attached hydrogen (secondary N) is 2. The molecule has 8 heteroatoms. The van der Waals surface area contributed by atoms with Crippen molar-refractivity contribution in [2.75, 3.05) is 19.6 Å². The summed E-state index contributed by atoms with van der Waals surface area (Å²) in [5.41, 5.74) is 1.34. The summed E-state index contributed by atoms with van der Waals surface area (Å²) in [6.45, 7) is 8.36. The first-order valence-electron chi connectivity index (χ1n) is 7.52. The van der Waals surface area contributed by atoms with Crippen molar-refractivity contribution < 1.29 is 4.52 Å². The van der Waals surface area contributed by atoms with Crippen molar-refractivity contribution in [2.45, 2.75) is 33.1 Å². The molecule has 0 amide bonds. The van der Waals surface area contributed by atoms with Crippen molar-refractivity contribution in [1.82, 2.24) is 20.8 Å². The third-order valence-corrected chi connectivity index (χ3v) is 3.88.